The van der Waals surface area contributed by atoms with Crippen molar-refractivity contribution in [1.82, 2.24) is 0 Å². The maximum atomic E-state index is 12.6. The topological polar surface area (TPSA) is 60.2 Å². The van der Waals surface area contributed by atoms with Crippen LogP contribution in [-0.2, 0) is 9.59 Å². The van der Waals surface area contributed by atoms with Gasteiger partial charge in [-0.05, 0) is 91.8 Å². The summed E-state index contributed by atoms with van der Waals surface area (Å²) in [7, 11) is 0. The summed E-state index contributed by atoms with van der Waals surface area (Å²) in [6.07, 6.45) is 4.00. The molecule has 1 saturated carbocycles. The number of carbonyl (C=O) groups is 2. The molecule has 0 spiro atoms. The smallest absolute Gasteiger partial charge is 0.160 e. The van der Waals surface area contributed by atoms with Crippen LogP contribution in [0.2, 0.25) is 5.02 Å². The van der Waals surface area contributed by atoms with Crippen molar-refractivity contribution < 1.29 is 9.59 Å². The fourth-order valence-corrected chi connectivity index (χ4v) is 3.68. The van der Waals surface area contributed by atoms with E-state index in [1.165, 1.54) is 5.57 Å². The third-order valence-electron chi connectivity index (χ3n) is 5.45. The first kappa shape index (κ1) is 24.6. The van der Waals surface area contributed by atoms with Gasteiger partial charge in [-0.2, -0.15) is 0 Å². The average Bonchev–Trinajstić information content (AvgIpc) is 3.34. The Morgan fingerprint density at radius 3 is 2.23 bits per heavy atom. The fourth-order valence-electron chi connectivity index (χ4n) is 3.43. The molecule has 0 radical (unpaired) electrons. The number of anilines is 1. The van der Waals surface area contributed by atoms with E-state index < -0.39 is 0 Å². The van der Waals surface area contributed by atoms with Crippen molar-refractivity contribution in [1.29, 1.82) is 0 Å². The van der Waals surface area contributed by atoms with Crippen LogP contribution in [0.5, 0.6) is 0 Å². The second kappa shape index (κ2) is 10.6. The normalized spacial score (nSPS) is 16.3. The van der Waals surface area contributed by atoms with Crippen LogP contribution in [0.4, 0.5) is 5.69 Å². The van der Waals surface area contributed by atoms with Gasteiger partial charge in [0.1, 0.15) is 5.78 Å². The first-order chi connectivity index (χ1) is 14.5. The summed E-state index contributed by atoms with van der Waals surface area (Å²) < 4.78 is 0. The Labute approximate surface area is 191 Å². The zero-order valence-electron chi connectivity index (χ0n) is 19.3. The number of carbonyl (C=O) groups excluding carboxylic acids is 2. The highest BCUT2D eigenvalue weighted by molar-refractivity contribution is 6.31. The van der Waals surface area contributed by atoms with Gasteiger partial charge in [-0.3, -0.25) is 9.59 Å². The molecule has 1 atom stereocenters. The minimum Gasteiger partial charge on any atom is -0.399 e. The van der Waals surface area contributed by atoms with Crippen molar-refractivity contribution in [2.24, 2.45) is 5.92 Å². The summed E-state index contributed by atoms with van der Waals surface area (Å²) in [6.45, 7) is 11.7. The molecule has 2 aromatic rings. The molecule has 2 N–H and O–H groups in total. The van der Waals surface area contributed by atoms with Crippen molar-refractivity contribution in [2.45, 2.75) is 54.4 Å². The molecule has 31 heavy (non-hydrogen) atoms. The maximum absolute atomic E-state index is 12.6. The Morgan fingerprint density at radius 2 is 1.74 bits per heavy atom. The molecule has 0 aliphatic heterocycles. The van der Waals surface area contributed by atoms with Crippen molar-refractivity contribution in [2.75, 3.05) is 5.73 Å². The third-order valence-corrected chi connectivity index (χ3v) is 5.67. The molecule has 0 amide bonds. The monoisotopic (exact) mass is 437 g/mol. The second-order valence-electron chi connectivity index (χ2n) is 8.23. The summed E-state index contributed by atoms with van der Waals surface area (Å²) in [5, 5.41) is 0.564. The Bertz CT molecular complexity index is 1040. The minimum absolute atomic E-state index is 0.0263. The molecule has 0 aromatic heterocycles. The lowest BCUT2D eigenvalue weighted by Gasteiger charge is -2.15. The van der Waals surface area contributed by atoms with Gasteiger partial charge in [-0.1, -0.05) is 43.7 Å². The van der Waals surface area contributed by atoms with E-state index in [1.54, 1.807) is 13.0 Å². The fraction of sp³-hybridized carbons (Fsp3) is 0.333. The molecule has 1 fully saturated rings. The van der Waals surface area contributed by atoms with Crippen LogP contribution in [0.15, 0.2) is 42.5 Å². The summed E-state index contributed by atoms with van der Waals surface area (Å²) in [5.41, 5.74) is 13.3. The van der Waals surface area contributed by atoms with Crippen LogP contribution in [0.1, 0.15) is 69.7 Å². The van der Waals surface area contributed by atoms with Crippen LogP contribution < -0.4 is 5.73 Å². The number of nitrogens with two attached hydrogens (primary N) is 1. The summed E-state index contributed by atoms with van der Waals surface area (Å²) in [6, 6.07) is 11.7. The SMILES string of the molecule is CC1CC1=O.CCC=C(C)c1ccc(C)c(/C(C(C)=O)=C(/C)c2cc(N)cc(Cl)c2)c1. The zero-order chi connectivity index (χ0) is 23.3. The summed E-state index contributed by atoms with van der Waals surface area (Å²) >= 11 is 6.16. The molecule has 3 rings (SSSR count). The number of halogens is 1. The highest BCUT2D eigenvalue weighted by atomic mass is 35.5. The number of benzene rings is 2. The number of aryl methyl sites for hydroxylation is 1. The Balaban J connectivity index is 0.000000597. The molecule has 4 heteroatoms. The van der Waals surface area contributed by atoms with E-state index in [0.29, 0.717) is 28.0 Å². The van der Waals surface area contributed by atoms with E-state index in [4.69, 9.17) is 17.3 Å². The summed E-state index contributed by atoms with van der Waals surface area (Å²) in [4.78, 5) is 22.4. The lowest BCUT2D eigenvalue weighted by atomic mass is 9.88. The predicted molar refractivity (Wildman–Crippen MR) is 133 cm³/mol. The summed E-state index contributed by atoms with van der Waals surface area (Å²) in [5.74, 6) is 0.860. The average molecular weight is 438 g/mol. The number of rotatable bonds is 5. The largest absolute Gasteiger partial charge is 0.399 e. The first-order valence-corrected chi connectivity index (χ1v) is 11.0. The van der Waals surface area contributed by atoms with Crippen LogP contribution in [0, 0.1) is 12.8 Å². The number of ketones is 2. The Kier molecular flexibility index (Phi) is 8.41. The van der Waals surface area contributed by atoms with Gasteiger partial charge in [0.15, 0.2) is 5.78 Å². The lowest BCUT2D eigenvalue weighted by molar-refractivity contribution is -0.112. The molecular weight excluding hydrogens is 406 g/mol. The molecule has 0 heterocycles. The molecule has 1 aliphatic rings. The minimum atomic E-state index is 0.0263. The van der Waals surface area contributed by atoms with E-state index in [-0.39, 0.29) is 5.78 Å². The molecule has 0 saturated heterocycles. The van der Waals surface area contributed by atoms with E-state index in [2.05, 4.69) is 38.1 Å². The van der Waals surface area contributed by atoms with E-state index in [1.807, 2.05) is 32.9 Å². The van der Waals surface area contributed by atoms with Crippen LogP contribution in [-0.4, -0.2) is 11.6 Å². The first-order valence-electron chi connectivity index (χ1n) is 10.6. The van der Waals surface area contributed by atoms with Gasteiger partial charge in [-0.15, -0.1) is 0 Å². The van der Waals surface area contributed by atoms with Crippen LogP contribution in [0.25, 0.3) is 16.7 Å². The molecular formula is C27H32ClNO2. The number of Topliss-reactive ketones (excluding diaryl/α,β-unsaturated/α-hetero) is 2. The van der Waals surface area contributed by atoms with Crippen LogP contribution >= 0.6 is 11.6 Å². The zero-order valence-corrected chi connectivity index (χ0v) is 20.1. The quantitative estimate of drug-likeness (QED) is 0.306. The van der Waals surface area contributed by atoms with Crippen molar-refractivity contribution in [3.8, 4) is 0 Å². The predicted octanol–water partition coefficient (Wildman–Crippen LogP) is 7.16. The van der Waals surface area contributed by atoms with Gasteiger partial charge in [-0.25, -0.2) is 0 Å². The van der Waals surface area contributed by atoms with Gasteiger partial charge in [0.05, 0.1) is 0 Å². The van der Waals surface area contributed by atoms with E-state index in [0.717, 1.165) is 40.7 Å². The van der Waals surface area contributed by atoms with E-state index in [9.17, 15) is 9.59 Å². The highest BCUT2D eigenvalue weighted by Gasteiger charge is 2.28. The number of hydrogen-bond donors (Lipinski definition) is 1. The van der Waals surface area contributed by atoms with Gasteiger partial charge < -0.3 is 5.73 Å². The van der Waals surface area contributed by atoms with Gasteiger partial charge >= 0.3 is 0 Å². The molecule has 0 bridgehead atoms. The van der Waals surface area contributed by atoms with E-state index >= 15 is 0 Å². The molecule has 1 unspecified atom stereocenters. The van der Waals surface area contributed by atoms with Crippen molar-refractivity contribution in [3.63, 3.8) is 0 Å². The van der Waals surface area contributed by atoms with Gasteiger partial charge in [0.25, 0.3) is 0 Å². The third kappa shape index (κ3) is 6.67. The molecule has 164 valence electrons. The molecule has 1 aliphatic carbocycles. The number of hydrogen-bond acceptors (Lipinski definition) is 3. The highest BCUT2D eigenvalue weighted by Crippen LogP contribution is 2.33. The van der Waals surface area contributed by atoms with Crippen LogP contribution in [0.3, 0.4) is 0 Å². The molecule has 2 aromatic carbocycles. The second-order valence-corrected chi connectivity index (χ2v) is 8.66. The number of allylic oxidation sites excluding steroid dienone is 4. The van der Waals surface area contributed by atoms with Gasteiger partial charge in [0, 0.05) is 28.6 Å². The Morgan fingerprint density at radius 1 is 1.13 bits per heavy atom. The lowest BCUT2D eigenvalue weighted by Crippen LogP contribution is -2.03. The standard InChI is InChI=1S/C23H26ClNO.C4H6O/c1-6-7-14(2)18-9-8-15(3)22(12-18)23(17(5)26)16(4)19-10-20(24)13-21(25)11-19;1-3-2-4(3)5/h7-13H,6,25H2,1-5H3;3H,2H2,1H3/b14-7?,23-16-;. The maximum Gasteiger partial charge on any atom is 0.160 e. The van der Waals surface area contributed by atoms with Crippen molar-refractivity contribution >= 4 is 45.6 Å². The van der Waals surface area contributed by atoms with Crippen molar-refractivity contribution in [3.05, 3.63) is 69.8 Å². The Hall–Kier alpha value is -2.65. The van der Waals surface area contributed by atoms with Gasteiger partial charge in [0.2, 0.25) is 0 Å². The molecule has 3 nitrogen and oxygen atoms in total. The number of nitrogen functional groups attached to an aromatic ring is 1.